The summed E-state index contributed by atoms with van der Waals surface area (Å²) in [5.41, 5.74) is 0. The van der Waals surface area contributed by atoms with Crippen molar-refractivity contribution in [3.63, 3.8) is 0 Å². The zero-order valence-electron chi connectivity index (χ0n) is 9.42. The summed E-state index contributed by atoms with van der Waals surface area (Å²) < 4.78 is 0. The van der Waals surface area contributed by atoms with E-state index < -0.39 is 0 Å². The summed E-state index contributed by atoms with van der Waals surface area (Å²) in [4.78, 5) is 15.2. The van der Waals surface area contributed by atoms with Gasteiger partial charge in [0.15, 0.2) is 0 Å². The number of hydrogen-bond donors (Lipinski definition) is 1. The zero-order valence-corrected chi connectivity index (χ0v) is 9.42. The van der Waals surface area contributed by atoms with E-state index in [1.54, 1.807) is 19.0 Å². The minimum Gasteiger partial charge on any atom is -0.349 e. The van der Waals surface area contributed by atoms with Gasteiger partial charge in [0.2, 0.25) is 5.91 Å². The van der Waals surface area contributed by atoms with Gasteiger partial charge in [0.25, 0.3) is 0 Å². The van der Waals surface area contributed by atoms with E-state index in [1.807, 2.05) is 0 Å². The van der Waals surface area contributed by atoms with Gasteiger partial charge in [0, 0.05) is 39.6 Å². The highest BCUT2D eigenvalue weighted by Gasteiger charge is 2.18. The van der Waals surface area contributed by atoms with E-state index in [-0.39, 0.29) is 5.91 Å². The van der Waals surface area contributed by atoms with Crippen molar-refractivity contribution >= 4 is 5.91 Å². The van der Waals surface area contributed by atoms with Gasteiger partial charge < -0.3 is 15.1 Å². The second-order valence-corrected chi connectivity index (χ2v) is 4.24. The van der Waals surface area contributed by atoms with Gasteiger partial charge in [-0.3, -0.25) is 4.79 Å². The molecule has 0 aromatic rings. The van der Waals surface area contributed by atoms with Gasteiger partial charge in [-0.05, 0) is 20.0 Å². The van der Waals surface area contributed by atoms with E-state index in [2.05, 4.69) is 17.3 Å². The van der Waals surface area contributed by atoms with Crippen LogP contribution in [0.15, 0.2) is 0 Å². The largest absolute Gasteiger partial charge is 0.349 e. The highest BCUT2D eigenvalue weighted by atomic mass is 16.2. The SMILES string of the molecule is CN1CCC(NCCC(=O)N(C)C)C1. The molecule has 1 atom stereocenters. The molecule has 0 saturated carbocycles. The third kappa shape index (κ3) is 3.64. The Balaban J connectivity index is 2.07. The van der Waals surface area contributed by atoms with Crippen molar-refractivity contribution in [1.29, 1.82) is 0 Å². The van der Waals surface area contributed by atoms with Gasteiger partial charge >= 0.3 is 0 Å². The van der Waals surface area contributed by atoms with Crippen LogP contribution < -0.4 is 5.32 Å². The predicted molar refractivity (Wildman–Crippen MR) is 57.2 cm³/mol. The van der Waals surface area contributed by atoms with Crippen LogP contribution in [0.4, 0.5) is 0 Å². The lowest BCUT2D eigenvalue weighted by Crippen LogP contribution is -2.34. The van der Waals surface area contributed by atoms with Crippen molar-refractivity contribution < 1.29 is 4.79 Å². The number of nitrogens with zero attached hydrogens (tertiary/aromatic N) is 2. The molecular weight excluding hydrogens is 178 g/mol. The fourth-order valence-corrected chi connectivity index (χ4v) is 1.71. The maximum absolute atomic E-state index is 11.3. The van der Waals surface area contributed by atoms with Crippen molar-refractivity contribution in [3.05, 3.63) is 0 Å². The molecule has 1 unspecified atom stereocenters. The molecule has 1 fully saturated rings. The molecule has 1 N–H and O–H groups in total. The van der Waals surface area contributed by atoms with Crippen LogP contribution in [0.5, 0.6) is 0 Å². The van der Waals surface area contributed by atoms with Crippen LogP contribution in [-0.2, 0) is 4.79 Å². The average molecular weight is 199 g/mol. The molecule has 14 heavy (non-hydrogen) atoms. The summed E-state index contributed by atoms with van der Waals surface area (Å²) in [6, 6.07) is 0.579. The molecule has 0 radical (unpaired) electrons. The molecule has 4 heteroatoms. The number of likely N-dealkylation sites (N-methyl/N-ethyl adjacent to an activating group) is 1. The normalized spacial score (nSPS) is 22.6. The molecule has 82 valence electrons. The Morgan fingerprint density at radius 3 is 2.79 bits per heavy atom. The fraction of sp³-hybridized carbons (Fsp3) is 0.900. The molecule has 1 amide bonds. The highest BCUT2D eigenvalue weighted by molar-refractivity contribution is 5.75. The van der Waals surface area contributed by atoms with Gasteiger partial charge in [-0.2, -0.15) is 0 Å². The minimum atomic E-state index is 0.198. The number of carbonyl (C=O) groups excluding carboxylic acids is 1. The summed E-state index contributed by atoms with van der Waals surface area (Å²) in [6.07, 6.45) is 1.81. The third-order valence-corrected chi connectivity index (χ3v) is 2.66. The van der Waals surface area contributed by atoms with E-state index in [1.165, 1.54) is 13.0 Å². The predicted octanol–water partition coefficient (Wildman–Crippen LogP) is -0.242. The van der Waals surface area contributed by atoms with Gasteiger partial charge in [0.05, 0.1) is 0 Å². The molecule has 0 spiro atoms. The van der Waals surface area contributed by atoms with Crippen LogP contribution in [0.2, 0.25) is 0 Å². The molecular formula is C10H21N3O. The van der Waals surface area contributed by atoms with E-state index in [4.69, 9.17) is 0 Å². The number of nitrogens with one attached hydrogen (secondary N) is 1. The average Bonchev–Trinajstić information content (AvgIpc) is 2.51. The Labute approximate surface area is 86.2 Å². The molecule has 0 bridgehead atoms. The molecule has 4 nitrogen and oxygen atoms in total. The summed E-state index contributed by atoms with van der Waals surface area (Å²) in [7, 11) is 5.73. The van der Waals surface area contributed by atoms with Crippen LogP contribution in [0.3, 0.4) is 0 Å². The summed E-state index contributed by atoms with van der Waals surface area (Å²) in [5, 5.41) is 3.41. The van der Waals surface area contributed by atoms with E-state index >= 15 is 0 Å². The standard InChI is InChI=1S/C10H21N3O/c1-12(2)10(14)4-6-11-9-5-7-13(3)8-9/h9,11H,4-8H2,1-3H3. The van der Waals surface area contributed by atoms with Crippen molar-refractivity contribution in [1.82, 2.24) is 15.1 Å². The first kappa shape index (κ1) is 11.5. The number of carbonyl (C=O) groups is 1. The van der Waals surface area contributed by atoms with Crippen molar-refractivity contribution in [2.24, 2.45) is 0 Å². The van der Waals surface area contributed by atoms with Gasteiger partial charge in [-0.15, -0.1) is 0 Å². The molecule has 1 rings (SSSR count). The van der Waals surface area contributed by atoms with Crippen molar-refractivity contribution in [3.8, 4) is 0 Å². The van der Waals surface area contributed by atoms with Crippen LogP contribution in [0.1, 0.15) is 12.8 Å². The zero-order chi connectivity index (χ0) is 10.6. The smallest absolute Gasteiger partial charge is 0.223 e. The van der Waals surface area contributed by atoms with E-state index in [0.717, 1.165) is 13.1 Å². The fourth-order valence-electron chi connectivity index (χ4n) is 1.71. The second kappa shape index (κ2) is 5.32. The van der Waals surface area contributed by atoms with Gasteiger partial charge in [-0.1, -0.05) is 0 Å². The number of likely N-dealkylation sites (tertiary alicyclic amines) is 1. The first-order chi connectivity index (χ1) is 6.59. The van der Waals surface area contributed by atoms with Gasteiger partial charge in [-0.25, -0.2) is 0 Å². The molecule has 1 aliphatic rings. The lowest BCUT2D eigenvalue weighted by Gasteiger charge is -2.14. The molecule has 0 aromatic heterocycles. The Kier molecular flexibility index (Phi) is 4.35. The minimum absolute atomic E-state index is 0.198. The third-order valence-electron chi connectivity index (χ3n) is 2.66. The summed E-state index contributed by atoms with van der Waals surface area (Å²) >= 11 is 0. The Morgan fingerprint density at radius 2 is 2.29 bits per heavy atom. The van der Waals surface area contributed by atoms with Crippen LogP contribution in [0, 0.1) is 0 Å². The van der Waals surface area contributed by atoms with Crippen LogP contribution in [0.25, 0.3) is 0 Å². The number of hydrogen-bond acceptors (Lipinski definition) is 3. The number of rotatable bonds is 4. The topological polar surface area (TPSA) is 35.6 Å². The summed E-state index contributed by atoms with van der Waals surface area (Å²) in [6.45, 7) is 3.07. The van der Waals surface area contributed by atoms with Crippen molar-refractivity contribution in [2.75, 3.05) is 40.8 Å². The first-order valence-corrected chi connectivity index (χ1v) is 5.21. The molecule has 1 saturated heterocycles. The highest BCUT2D eigenvalue weighted by Crippen LogP contribution is 2.05. The van der Waals surface area contributed by atoms with E-state index in [0.29, 0.717) is 12.5 Å². The Bertz CT molecular complexity index is 194. The quantitative estimate of drug-likeness (QED) is 0.678. The monoisotopic (exact) mass is 199 g/mol. The molecule has 1 aliphatic heterocycles. The first-order valence-electron chi connectivity index (χ1n) is 5.21. The van der Waals surface area contributed by atoms with Crippen LogP contribution >= 0.6 is 0 Å². The Morgan fingerprint density at radius 1 is 1.57 bits per heavy atom. The van der Waals surface area contributed by atoms with E-state index in [9.17, 15) is 4.79 Å². The molecule has 1 heterocycles. The lowest BCUT2D eigenvalue weighted by molar-refractivity contribution is -0.128. The molecule has 0 aromatic carbocycles. The maximum atomic E-state index is 11.3. The number of amides is 1. The lowest BCUT2D eigenvalue weighted by atomic mass is 10.2. The maximum Gasteiger partial charge on any atom is 0.223 e. The Hall–Kier alpha value is -0.610. The summed E-state index contributed by atoms with van der Waals surface area (Å²) in [5.74, 6) is 0.198. The van der Waals surface area contributed by atoms with Gasteiger partial charge in [0.1, 0.15) is 0 Å². The van der Waals surface area contributed by atoms with Crippen molar-refractivity contribution in [2.45, 2.75) is 18.9 Å². The second-order valence-electron chi connectivity index (χ2n) is 4.24. The van der Waals surface area contributed by atoms with Crippen LogP contribution in [-0.4, -0.2) is 62.5 Å². The molecule has 0 aliphatic carbocycles.